The third kappa shape index (κ3) is 3.25. The van der Waals surface area contributed by atoms with E-state index in [1.54, 1.807) is 12.1 Å². The van der Waals surface area contributed by atoms with E-state index < -0.39 is 5.82 Å². The van der Waals surface area contributed by atoms with E-state index in [9.17, 15) is 4.39 Å². The zero-order chi connectivity index (χ0) is 14.7. The van der Waals surface area contributed by atoms with Gasteiger partial charge in [0.2, 0.25) is 0 Å². The highest BCUT2D eigenvalue weighted by Gasteiger charge is 2.10. The van der Waals surface area contributed by atoms with Gasteiger partial charge in [0.15, 0.2) is 0 Å². The molecule has 2 aromatic carbocycles. The average molecular weight is 313 g/mol. The Labute approximate surface area is 128 Å². The maximum atomic E-state index is 13.4. The fraction of sp³-hybridized carbons (Fsp3) is 0.250. The monoisotopic (exact) mass is 312 g/mol. The second-order valence-electron chi connectivity index (χ2n) is 4.69. The Hall–Kier alpha value is -1.25. The first-order chi connectivity index (χ1) is 9.52. The van der Waals surface area contributed by atoms with Crippen LogP contribution in [-0.4, -0.2) is 0 Å². The quantitative estimate of drug-likeness (QED) is 0.685. The van der Waals surface area contributed by atoms with Crippen molar-refractivity contribution in [2.24, 2.45) is 0 Å². The highest BCUT2D eigenvalue weighted by molar-refractivity contribution is 6.31. The van der Waals surface area contributed by atoms with Gasteiger partial charge in [0.25, 0.3) is 0 Å². The molecular weight excluding hydrogens is 298 g/mol. The Morgan fingerprint density at radius 1 is 1.15 bits per heavy atom. The van der Waals surface area contributed by atoms with Crippen LogP contribution in [0.25, 0.3) is 0 Å². The van der Waals surface area contributed by atoms with Crippen LogP contribution in [0.1, 0.15) is 22.3 Å². The van der Waals surface area contributed by atoms with E-state index in [4.69, 9.17) is 27.9 Å². The van der Waals surface area contributed by atoms with Gasteiger partial charge in [0.05, 0.1) is 5.02 Å². The Morgan fingerprint density at radius 3 is 2.40 bits per heavy atom. The lowest BCUT2D eigenvalue weighted by molar-refractivity contribution is 0.301. The highest BCUT2D eigenvalue weighted by atomic mass is 35.5. The van der Waals surface area contributed by atoms with Gasteiger partial charge in [-0.25, -0.2) is 4.39 Å². The minimum Gasteiger partial charge on any atom is -0.488 e. The number of ether oxygens (including phenoxy) is 1. The molecule has 0 saturated heterocycles. The molecule has 0 heterocycles. The minimum absolute atomic E-state index is 0.111. The first-order valence-electron chi connectivity index (χ1n) is 6.24. The molecule has 0 aliphatic carbocycles. The van der Waals surface area contributed by atoms with Crippen molar-refractivity contribution in [1.29, 1.82) is 0 Å². The van der Waals surface area contributed by atoms with Crippen LogP contribution in [0, 0.1) is 19.7 Å². The minimum atomic E-state index is -0.432. The van der Waals surface area contributed by atoms with Crippen LogP contribution in [0.5, 0.6) is 5.75 Å². The zero-order valence-corrected chi connectivity index (χ0v) is 12.9. The van der Waals surface area contributed by atoms with Crippen molar-refractivity contribution in [1.82, 2.24) is 0 Å². The summed E-state index contributed by atoms with van der Waals surface area (Å²) in [6.07, 6.45) is 0. The molecule has 0 aliphatic heterocycles. The predicted octanol–water partition coefficient (Wildman–Crippen LogP) is 5.41. The molecule has 106 valence electrons. The van der Waals surface area contributed by atoms with Crippen molar-refractivity contribution in [3.8, 4) is 5.75 Å². The summed E-state index contributed by atoms with van der Waals surface area (Å²) in [5.74, 6) is 0.829. The fourth-order valence-electron chi connectivity index (χ4n) is 2.15. The van der Waals surface area contributed by atoms with Crippen molar-refractivity contribution < 1.29 is 9.13 Å². The first kappa shape index (κ1) is 15.1. The smallest absolute Gasteiger partial charge is 0.142 e. The maximum Gasteiger partial charge on any atom is 0.142 e. The van der Waals surface area contributed by atoms with Gasteiger partial charge in [-0.05, 0) is 36.6 Å². The molecule has 0 N–H and O–H groups in total. The lowest BCUT2D eigenvalue weighted by Crippen LogP contribution is -2.01. The molecule has 2 rings (SSSR count). The van der Waals surface area contributed by atoms with E-state index in [1.807, 2.05) is 26.0 Å². The molecule has 0 bridgehead atoms. The SMILES string of the molecule is Cc1cc(CCl)cc(C)c1OCc1cccc(F)c1Cl. The summed E-state index contributed by atoms with van der Waals surface area (Å²) in [6, 6.07) is 8.68. The Balaban J connectivity index is 2.21. The van der Waals surface area contributed by atoms with E-state index in [0.717, 1.165) is 22.4 Å². The van der Waals surface area contributed by atoms with Crippen LogP contribution < -0.4 is 4.74 Å². The Morgan fingerprint density at radius 2 is 1.80 bits per heavy atom. The van der Waals surface area contributed by atoms with Crippen molar-refractivity contribution in [2.45, 2.75) is 26.3 Å². The van der Waals surface area contributed by atoms with Gasteiger partial charge in [-0.15, -0.1) is 11.6 Å². The molecule has 0 saturated carbocycles. The summed E-state index contributed by atoms with van der Waals surface area (Å²) in [5, 5.41) is 0.111. The van der Waals surface area contributed by atoms with Crippen molar-refractivity contribution in [3.63, 3.8) is 0 Å². The summed E-state index contributed by atoms with van der Waals surface area (Å²) in [4.78, 5) is 0. The molecule has 2 aromatic rings. The second kappa shape index (κ2) is 6.47. The van der Waals surface area contributed by atoms with Gasteiger partial charge in [-0.1, -0.05) is 35.9 Å². The average Bonchev–Trinajstić information content (AvgIpc) is 2.42. The van der Waals surface area contributed by atoms with Gasteiger partial charge in [-0.3, -0.25) is 0 Å². The maximum absolute atomic E-state index is 13.4. The van der Waals surface area contributed by atoms with Crippen molar-refractivity contribution in [3.05, 3.63) is 63.4 Å². The predicted molar refractivity (Wildman–Crippen MR) is 81.2 cm³/mol. The summed E-state index contributed by atoms with van der Waals surface area (Å²) >= 11 is 11.7. The molecule has 0 radical (unpaired) electrons. The molecule has 4 heteroatoms. The van der Waals surface area contributed by atoms with Crippen molar-refractivity contribution >= 4 is 23.2 Å². The second-order valence-corrected chi connectivity index (χ2v) is 5.34. The number of alkyl halides is 1. The number of hydrogen-bond donors (Lipinski definition) is 0. The van der Waals surface area contributed by atoms with Gasteiger partial charge >= 0.3 is 0 Å². The van der Waals surface area contributed by atoms with E-state index in [1.165, 1.54) is 6.07 Å². The van der Waals surface area contributed by atoms with Gasteiger partial charge in [-0.2, -0.15) is 0 Å². The summed E-state index contributed by atoms with van der Waals surface area (Å²) in [6.45, 7) is 4.16. The van der Waals surface area contributed by atoms with E-state index in [2.05, 4.69) is 0 Å². The zero-order valence-electron chi connectivity index (χ0n) is 11.3. The van der Waals surface area contributed by atoms with Crippen LogP contribution in [0.3, 0.4) is 0 Å². The van der Waals surface area contributed by atoms with Crippen LogP contribution in [0.15, 0.2) is 30.3 Å². The van der Waals surface area contributed by atoms with Crippen molar-refractivity contribution in [2.75, 3.05) is 0 Å². The Kier molecular flexibility index (Phi) is 4.90. The molecule has 0 aromatic heterocycles. The van der Waals surface area contributed by atoms with Crippen LogP contribution in [0.2, 0.25) is 5.02 Å². The highest BCUT2D eigenvalue weighted by Crippen LogP contribution is 2.28. The number of hydrogen-bond acceptors (Lipinski definition) is 1. The number of aryl methyl sites for hydroxylation is 2. The van der Waals surface area contributed by atoms with E-state index >= 15 is 0 Å². The number of rotatable bonds is 4. The molecule has 0 fully saturated rings. The summed E-state index contributed by atoms with van der Waals surface area (Å²) < 4.78 is 19.2. The molecule has 0 amide bonds. The van der Waals surface area contributed by atoms with Crippen LogP contribution >= 0.6 is 23.2 Å². The van der Waals surface area contributed by atoms with E-state index in [-0.39, 0.29) is 11.6 Å². The van der Waals surface area contributed by atoms with Gasteiger partial charge in [0, 0.05) is 11.4 Å². The van der Waals surface area contributed by atoms with Crippen LogP contribution in [-0.2, 0) is 12.5 Å². The standard InChI is InChI=1S/C16H15Cl2FO/c1-10-6-12(8-17)7-11(2)16(10)20-9-13-4-3-5-14(19)15(13)18/h3-7H,8-9H2,1-2H3. The van der Waals surface area contributed by atoms with Gasteiger partial charge in [0.1, 0.15) is 18.2 Å². The molecule has 1 nitrogen and oxygen atoms in total. The lowest BCUT2D eigenvalue weighted by Gasteiger charge is -2.14. The Bertz CT molecular complexity index is 603. The molecule has 0 unspecified atom stereocenters. The third-order valence-electron chi connectivity index (χ3n) is 3.08. The van der Waals surface area contributed by atoms with Crippen LogP contribution in [0.4, 0.5) is 4.39 Å². The topological polar surface area (TPSA) is 9.23 Å². The fourth-order valence-corrected chi connectivity index (χ4v) is 2.49. The molecule has 0 atom stereocenters. The summed E-state index contributed by atoms with van der Waals surface area (Å²) in [5.41, 5.74) is 3.70. The molecule has 0 aliphatic rings. The first-order valence-corrected chi connectivity index (χ1v) is 7.16. The number of halogens is 3. The summed E-state index contributed by atoms with van der Waals surface area (Å²) in [7, 11) is 0. The normalized spacial score (nSPS) is 10.7. The lowest BCUT2D eigenvalue weighted by atomic mass is 10.1. The van der Waals surface area contributed by atoms with Gasteiger partial charge < -0.3 is 4.74 Å². The third-order valence-corrected chi connectivity index (χ3v) is 3.81. The molecule has 0 spiro atoms. The van der Waals surface area contributed by atoms with E-state index in [0.29, 0.717) is 11.4 Å². The largest absolute Gasteiger partial charge is 0.488 e. The molecular formula is C16H15Cl2FO. The molecule has 20 heavy (non-hydrogen) atoms. The number of benzene rings is 2.